The molecule has 0 spiro atoms. The molecule has 0 aliphatic heterocycles. The zero-order valence-corrected chi connectivity index (χ0v) is 14.0. The van der Waals surface area contributed by atoms with Crippen LogP contribution >= 0.6 is 0 Å². The lowest BCUT2D eigenvalue weighted by molar-refractivity contribution is -0.139. The zero-order valence-electron chi connectivity index (χ0n) is 14.0. The number of hydrogen-bond acceptors (Lipinski definition) is 2. The highest BCUT2D eigenvalue weighted by atomic mass is 19.4. The van der Waals surface area contributed by atoms with Crippen LogP contribution in [0.25, 0.3) is 0 Å². The normalized spacial score (nSPS) is 17.9. The van der Waals surface area contributed by atoms with Gasteiger partial charge in [0.25, 0.3) is 0 Å². The van der Waals surface area contributed by atoms with Crippen molar-refractivity contribution in [3.63, 3.8) is 0 Å². The Bertz CT molecular complexity index is 637. The Kier molecular flexibility index (Phi) is 5.75. The fourth-order valence-electron chi connectivity index (χ4n) is 3.45. The van der Waals surface area contributed by atoms with Gasteiger partial charge in [-0.25, -0.2) is 0 Å². The summed E-state index contributed by atoms with van der Waals surface area (Å²) in [4.78, 5) is 23.4. The number of hydrogen-bond donors (Lipinski definition) is 2. The Hall–Kier alpha value is -2.05. The summed E-state index contributed by atoms with van der Waals surface area (Å²) in [6.07, 6.45) is -1.59. The fraction of sp³-hybridized carbons (Fsp3) is 0.556. The summed E-state index contributed by atoms with van der Waals surface area (Å²) in [6.45, 7) is 1.69. The van der Waals surface area contributed by atoms with Gasteiger partial charge in [-0.15, -0.1) is 0 Å². The number of carboxylic acids is 1. The van der Waals surface area contributed by atoms with E-state index in [0.717, 1.165) is 25.0 Å². The van der Waals surface area contributed by atoms with Crippen molar-refractivity contribution in [1.82, 2.24) is 5.32 Å². The molecule has 0 saturated heterocycles. The van der Waals surface area contributed by atoms with Gasteiger partial charge in [0.15, 0.2) is 0 Å². The van der Waals surface area contributed by atoms with Gasteiger partial charge in [0.2, 0.25) is 5.91 Å². The Balaban J connectivity index is 2.03. The van der Waals surface area contributed by atoms with E-state index in [-0.39, 0.29) is 18.7 Å². The molecule has 1 aliphatic carbocycles. The second-order valence-corrected chi connectivity index (χ2v) is 6.83. The molecule has 1 aliphatic rings. The predicted molar refractivity (Wildman–Crippen MR) is 86.1 cm³/mol. The standard InChI is InChI=1S/C18H22F3NO3/c1-12(13-5-4-6-14(10-13)18(19,20)21)9-15(23)22-17(11-16(24)25)7-2-3-8-17/h4-6,10,12H,2-3,7-9,11H2,1H3,(H,22,23)(H,24,25). The molecule has 138 valence electrons. The lowest BCUT2D eigenvalue weighted by Gasteiger charge is -2.29. The van der Waals surface area contributed by atoms with E-state index in [1.807, 2.05) is 0 Å². The van der Waals surface area contributed by atoms with Crippen LogP contribution in [0.5, 0.6) is 0 Å². The number of aliphatic carboxylic acids is 1. The average molecular weight is 357 g/mol. The van der Waals surface area contributed by atoms with Crippen LogP contribution in [0.1, 0.15) is 62.5 Å². The van der Waals surface area contributed by atoms with E-state index in [4.69, 9.17) is 5.11 Å². The van der Waals surface area contributed by atoms with Crippen molar-refractivity contribution < 1.29 is 27.9 Å². The van der Waals surface area contributed by atoms with Crippen molar-refractivity contribution in [3.8, 4) is 0 Å². The number of carbonyl (C=O) groups is 2. The lowest BCUT2D eigenvalue weighted by Crippen LogP contribution is -2.48. The van der Waals surface area contributed by atoms with E-state index in [1.165, 1.54) is 6.07 Å². The van der Waals surface area contributed by atoms with Gasteiger partial charge < -0.3 is 10.4 Å². The van der Waals surface area contributed by atoms with Crippen LogP contribution in [-0.2, 0) is 15.8 Å². The molecule has 1 unspecified atom stereocenters. The van der Waals surface area contributed by atoms with E-state index in [1.54, 1.807) is 13.0 Å². The molecule has 1 saturated carbocycles. The minimum Gasteiger partial charge on any atom is -0.481 e. The highest BCUT2D eigenvalue weighted by Gasteiger charge is 2.37. The molecule has 0 radical (unpaired) electrons. The molecular weight excluding hydrogens is 335 g/mol. The summed E-state index contributed by atoms with van der Waals surface area (Å²) in [5, 5.41) is 11.9. The summed E-state index contributed by atoms with van der Waals surface area (Å²) >= 11 is 0. The Morgan fingerprint density at radius 3 is 2.48 bits per heavy atom. The first-order chi connectivity index (χ1) is 11.6. The second-order valence-electron chi connectivity index (χ2n) is 6.83. The average Bonchev–Trinajstić information content (AvgIpc) is 2.93. The van der Waals surface area contributed by atoms with Crippen LogP contribution in [0.4, 0.5) is 13.2 Å². The van der Waals surface area contributed by atoms with Gasteiger partial charge in [0.05, 0.1) is 17.5 Å². The molecule has 2 N–H and O–H groups in total. The zero-order chi connectivity index (χ0) is 18.7. The quantitative estimate of drug-likeness (QED) is 0.805. The lowest BCUT2D eigenvalue weighted by atomic mass is 9.91. The maximum atomic E-state index is 12.8. The molecule has 0 heterocycles. The monoisotopic (exact) mass is 357 g/mol. The summed E-state index contributed by atoms with van der Waals surface area (Å²) in [5.74, 6) is -1.69. The molecule has 1 atom stereocenters. The molecule has 4 nitrogen and oxygen atoms in total. The van der Waals surface area contributed by atoms with E-state index in [0.29, 0.717) is 18.4 Å². The van der Waals surface area contributed by atoms with Gasteiger partial charge in [-0.2, -0.15) is 13.2 Å². The molecule has 0 aromatic heterocycles. The summed E-state index contributed by atoms with van der Waals surface area (Å²) in [6, 6.07) is 4.95. The maximum Gasteiger partial charge on any atom is 0.416 e. The number of halogens is 3. The van der Waals surface area contributed by atoms with Crippen LogP contribution in [0.15, 0.2) is 24.3 Å². The smallest absolute Gasteiger partial charge is 0.416 e. The molecule has 1 aromatic carbocycles. The number of nitrogens with one attached hydrogen (secondary N) is 1. The minimum atomic E-state index is -4.42. The molecule has 0 bridgehead atoms. The molecule has 1 amide bonds. The number of benzene rings is 1. The number of alkyl halides is 3. The highest BCUT2D eigenvalue weighted by Crippen LogP contribution is 2.34. The summed E-state index contributed by atoms with van der Waals surface area (Å²) in [7, 11) is 0. The number of amides is 1. The van der Waals surface area contributed by atoms with Crippen LogP contribution in [-0.4, -0.2) is 22.5 Å². The first-order valence-electron chi connectivity index (χ1n) is 8.31. The largest absolute Gasteiger partial charge is 0.481 e. The minimum absolute atomic E-state index is 0.0165. The number of carboxylic acid groups (broad SMARTS) is 1. The first-order valence-corrected chi connectivity index (χ1v) is 8.31. The third-order valence-corrected chi connectivity index (χ3v) is 4.73. The SMILES string of the molecule is CC(CC(=O)NC1(CC(=O)O)CCCC1)c1cccc(C(F)(F)F)c1. The molecular formula is C18H22F3NO3. The summed E-state index contributed by atoms with van der Waals surface area (Å²) < 4.78 is 38.4. The van der Waals surface area contributed by atoms with Crippen molar-refractivity contribution >= 4 is 11.9 Å². The number of rotatable bonds is 6. The topological polar surface area (TPSA) is 66.4 Å². The Labute approximate surface area is 144 Å². The van der Waals surface area contributed by atoms with E-state index < -0.39 is 29.2 Å². The molecule has 1 aromatic rings. The molecule has 2 rings (SSSR count). The molecule has 1 fully saturated rings. The van der Waals surface area contributed by atoms with Crippen LogP contribution in [0, 0.1) is 0 Å². The second kappa shape index (κ2) is 7.45. The van der Waals surface area contributed by atoms with E-state index in [9.17, 15) is 22.8 Å². The van der Waals surface area contributed by atoms with Crippen LogP contribution in [0.2, 0.25) is 0 Å². The van der Waals surface area contributed by atoms with Gasteiger partial charge in [-0.3, -0.25) is 9.59 Å². The Morgan fingerprint density at radius 2 is 1.92 bits per heavy atom. The van der Waals surface area contributed by atoms with Gasteiger partial charge in [-0.05, 0) is 30.4 Å². The number of carbonyl (C=O) groups excluding carboxylic acids is 1. The molecule has 25 heavy (non-hydrogen) atoms. The third-order valence-electron chi connectivity index (χ3n) is 4.73. The predicted octanol–water partition coefficient (Wildman–Crippen LogP) is 4.10. The maximum absolute atomic E-state index is 12.8. The van der Waals surface area contributed by atoms with E-state index in [2.05, 4.69) is 5.32 Å². The fourth-order valence-corrected chi connectivity index (χ4v) is 3.45. The van der Waals surface area contributed by atoms with Crippen molar-refractivity contribution in [3.05, 3.63) is 35.4 Å². The highest BCUT2D eigenvalue weighted by molar-refractivity contribution is 5.79. The third kappa shape index (κ3) is 5.21. The van der Waals surface area contributed by atoms with Gasteiger partial charge in [0, 0.05) is 6.42 Å². The van der Waals surface area contributed by atoms with Crippen LogP contribution < -0.4 is 5.32 Å². The van der Waals surface area contributed by atoms with Crippen molar-refractivity contribution in [2.24, 2.45) is 0 Å². The van der Waals surface area contributed by atoms with Gasteiger partial charge in [-0.1, -0.05) is 38.0 Å². The van der Waals surface area contributed by atoms with Crippen LogP contribution in [0.3, 0.4) is 0 Å². The van der Waals surface area contributed by atoms with Gasteiger partial charge >= 0.3 is 12.1 Å². The van der Waals surface area contributed by atoms with Crippen molar-refractivity contribution in [1.29, 1.82) is 0 Å². The molecule has 7 heteroatoms. The Morgan fingerprint density at radius 1 is 1.28 bits per heavy atom. The first kappa shape index (κ1) is 19.3. The summed E-state index contributed by atoms with van der Waals surface area (Å²) in [5.41, 5.74) is -1.03. The van der Waals surface area contributed by atoms with Crippen molar-refractivity contribution in [2.45, 2.75) is 63.1 Å². The van der Waals surface area contributed by atoms with Crippen molar-refractivity contribution in [2.75, 3.05) is 0 Å². The van der Waals surface area contributed by atoms with Gasteiger partial charge in [0.1, 0.15) is 0 Å². The van der Waals surface area contributed by atoms with E-state index >= 15 is 0 Å².